The van der Waals surface area contributed by atoms with Crippen LogP contribution in [0.25, 0.3) is 11.3 Å². The lowest BCUT2D eigenvalue weighted by Crippen LogP contribution is -2.25. The summed E-state index contributed by atoms with van der Waals surface area (Å²) in [6.07, 6.45) is 9.66. The minimum Gasteiger partial charge on any atom is -0.269 e. The van der Waals surface area contributed by atoms with E-state index in [1.807, 2.05) is 23.0 Å². The molecule has 0 radical (unpaired) electrons. The molecule has 2 aromatic rings. The number of hydrogen-bond donors (Lipinski definition) is 0. The van der Waals surface area contributed by atoms with Gasteiger partial charge in [0.1, 0.15) is 0 Å². The molecular formula is C18H20N4. The first-order chi connectivity index (χ1) is 10.7. The first kappa shape index (κ1) is 14.5. The first-order valence-electron chi connectivity index (χ1n) is 7.75. The third kappa shape index (κ3) is 2.94. The van der Waals surface area contributed by atoms with Gasteiger partial charge in [0.15, 0.2) is 0 Å². The number of nitrogens with zero attached hydrogens (tertiary/aromatic N) is 4. The van der Waals surface area contributed by atoms with Gasteiger partial charge in [0.2, 0.25) is 0 Å². The minimum atomic E-state index is 0.425. The number of pyridine rings is 1. The summed E-state index contributed by atoms with van der Waals surface area (Å²) >= 11 is 0. The highest BCUT2D eigenvalue weighted by Crippen LogP contribution is 2.38. The fourth-order valence-corrected chi connectivity index (χ4v) is 2.79. The van der Waals surface area contributed by atoms with Gasteiger partial charge in [0.25, 0.3) is 0 Å². The molecule has 0 spiro atoms. The molecule has 0 atom stereocenters. The van der Waals surface area contributed by atoms with Gasteiger partial charge in [-0.2, -0.15) is 10.4 Å². The predicted octanol–water partition coefficient (Wildman–Crippen LogP) is 4.10. The van der Waals surface area contributed by atoms with E-state index in [0.29, 0.717) is 17.9 Å². The summed E-state index contributed by atoms with van der Waals surface area (Å²) in [5.74, 6) is 0.939. The zero-order chi connectivity index (χ0) is 15.5. The van der Waals surface area contributed by atoms with E-state index < -0.39 is 0 Å². The molecule has 4 heteroatoms. The summed E-state index contributed by atoms with van der Waals surface area (Å²) in [5, 5.41) is 13.0. The molecule has 0 unspecified atom stereocenters. The molecule has 3 rings (SSSR count). The molecule has 2 aromatic heterocycles. The highest BCUT2D eigenvalue weighted by molar-refractivity contribution is 5.57. The van der Waals surface area contributed by atoms with Crippen molar-refractivity contribution in [1.29, 1.82) is 5.26 Å². The van der Waals surface area contributed by atoms with E-state index in [-0.39, 0.29) is 0 Å². The summed E-state index contributed by atoms with van der Waals surface area (Å²) in [5.41, 5.74) is 3.16. The maximum absolute atomic E-state index is 8.55. The van der Waals surface area contributed by atoms with Crippen molar-refractivity contribution in [3.63, 3.8) is 0 Å². The van der Waals surface area contributed by atoms with Crippen LogP contribution >= 0.6 is 0 Å². The van der Waals surface area contributed by atoms with E-state index in [9.17, 15) is 0 Å². The molecule has 4 nitrogen and oxygen atoms in total. The summed E-state index contributed by atoms with van der Waals surface area (Å²) < 4.78 is 2.04. The van der Waals surface area contributed by atoms with Crippen molar-refractivity contribution >= 4 is 0 Å². The number of allylic oxidation sites excluding steroid dienone is 2. The second kappa shape index (κ2) is 6.15. The standard InChI is InChI=1S/C18H20N4/c1-13(2)17-6-3-7-18(21-17)15-11-20-22(12-15)16-9-14(10-16)5-4-8-19/h3-7,11-14,16H,9-10H2,1-2H3/b5-4+. The van der Waals surface area contributed by atoms with E-state index in [1.165, 1.54) is 0 Å². The van der Waals surface area contributed by atoms with Crippen LogP contribution in [-0.2, 0) is 0 Å². The highest BCUT2D eigenvalue weighted by Gasteiger charge is 2.29. The Balaban J connectivity index is 1.71. The van der Waals surface area contributed by atoms with Crippen molar-refractivity contribution < 1.29 is 0 Å². The van der Waals surface area contributed by atoms with Crippen molar-refractivity contribution in [2.75, 3.05) is 0 Å². The average Bonchev–Trinajstić information content (AvgIpc) is 2.95. The van der Waals surface area contributed by atoms with Crippen molar-refractivity contribution in [2.45, 2.75) is 38.6 Å². The maximum Gasteiger partial charge on any atom is 0.0908 e. The van der Waals surface area contributed by atoms with Gasteiger partial charge in [0, 0.05) is 23.5 Å². The van der Waals surface area contributed by atoms with Gasteiger partial charge in [-0.05, 0) is 36.8 Å². The Morgan fingerprint density at radius 3 is 2.91 bits per heavy atom. The molecule has 0 N–H and O–H groups in total. The number of aromatic nitrogens is 3. The fourth-order valence-electron chi connectivity index (χ4n) is 2.79. The van der Waals surface area contributed by atoms with Gasteiger partial charge in [0.05, 0.1) is 24.0 Å². The Morgan fingerprint density at radius 2 is 2.18 bits per heavy atom. The van der Waals surface area contributed by atoms with Crippen molar-refractivity contribution in [3.05, 3.63) is 48.4 Å². The van der Waals surface area contributed by atoms with E-state index in [2.05, 4.69) is 43.3 Å². The lowest BCUT2D eigenvalue weighted by Gasteiger charge is -2.33. The Morgan fingerprint density at radius 1 is 1.36 bits per heavy atom. The van der Waals surface area contributed by atoms with Gasteiger partial charge in [-0.3, -0.25) is 9.67 Å². The number of nitriles is 1. The summed E-state index contributed by atoms with van der Waals surface area (Å²) in [4.78, 5) is 4.71. The van der Waals surface area contributed by atoms with Crippen LogP contribution in [0, 0.1) is 17.2 Å². The van der Waals surface area contributed by atoms with E-state index in [4.69, 9.17) is 10.2 Å². The van der Waals surface area contributed by atoms with Crippen LogP contribution in [-0.4, -0.2) is 14.8 Å². The monoisotopic (exact) mass is 292 g/mol. The summed E-state index contributed by atoms with van der Waals surface area (Å²) in [6.45, 7) is 4.30. The van der Waals surface area contributed by atoms with Gasteiger partial charge in [-0.15, -0.1) is 0 Å². The van der Waals surface area contributed by atoms with E-state index in [0.717, 1.165) is 29.8 Å². The Bertz CT molecular complexity index is 715. The van der Waals surface area contributed by atoms with Gasteiger partial charge in [-0.25, -0.2) is 0 Å². The largest absolute Gasteiger partial charge is 0.269 e. The van der Waals surface area contributed by atoms with Crippen LogP contribution in [0.5, 0.6) is 0 Å². The van der Waals surface area contributed by atoms with Crippen molar-refractivity contribution in [2.24, 2.45) is 5.92 Å². The molecule has 1 fully saturated rings. The average molecular weight is 292 g/mol. The van der Waals surface area contributed by atoms with Crippen LogP contribution in [0.4, 0.5) is 0 Å². The molecule has 0 saturated heterocycles. The second-order valence-corrected chi connectivity index (χ2v) is 6.18. The molecule has 1 aliphatic carbocycles. The number of hydrogen-bond acceptors (Lipinski definition) is 3. The quantitative estimate of drug-likeness (QED) is 0.797. The smallest absolute Gasteiger partial charge is 0.0908 e. The fraction of sp³-hybridized carbons (Fsp3) is 0.389. The van der Waals surface area contributed by atoms with Crippen LogP contribution in [0.1, 0.15) is 44.3 Å². The second-order valence-electron chi connectivity index (χ2n) is 6.18. The van der Waals surface area contributed by atoms with Gasteiger partial charge < -0.3 is 0 Å². The van der Waals surface area contributed by atoms with Crippen LogP contribution in [0.3, 0.4) is 0 Å². The molecule has 1 saturated carbocycles. The van der Waals surface area contributed by atoms with Crippen LogP contribution < -0.4 is 0 Å². The Hall–Kier alpha value is -2.41. The molecule has 0 aliphatic heterocycles. The molecule has 1 aliphatic rings. The molecule has 22 heavy (non-hydrogen) atoms. The van der Waals surface area contributed by atoms with Crippen molar-refractivity contribution in [3.8, 4) is 17.3 Å². The zero-order valence-electron chi connectivity index (χ0n) is 13.0. The SMILES string of the molecule is CC(C)c1cccc(-c2cnn(C3CC(/C=C/C#N)C3)c2)n1. The molecule has 0 aromatic carbocycles. The van der Waals surface area contributed by atoms with Crippen molar-refractivity contribution in [1.82, 2.24) is 14.8 Å². The molecular weight excluding hydrogens is 272 g/mol. The van der Waals surface area contributed by atoms with Crippen LogP contribution in [0.2, 0.25) is 0 Å². The first-order valence-corrected chi connectivity index (χ1v) is 7.75. The zero-order valence-corrected chi connectivity index (χ0v) is 13.0. The minimum absolute atomic E-state index is 0.425. The molecule has 2 heterocycles. The normalized spacial score (nSPS) is 21.0. The highest BCUT2D eigenvalue weighted by atomic mass is 15.3. The topological polar surface area (TPSA) is 54.5 Å². The summed E-state index contributed by atoms with van der Waals surface area (Å²) in [7, 11) is 0. The maximum atomic E-state index is 8.55. The lowest BCUT2D eigenvalue weighted by atomic mass is 9.80. The third-order valence-electron chi connectivity index (χ3n) is 4.23. The molecule has 0 amide bonds. The van der Waals surface area contributed by atoms with Gasteiger partial charge >= 0.3 is 0 Å². The Kier molecular flexibility index (Phi) is 4.06. The van der Waals surface area contributed by atoms with Crippen LogP contribution in [0.15, 0.2) is 42.7 Å². The molecule has 0 bridgehead atoms. The number of rotatable bonds is 4. The summed E-state index contributed by atoms with van der Waals surface area (Å²) in [6, 6.07) is 8.65. The van der Waals surface area contributed by atoms with E-state index in [1.54, 1.807) is 6.08 Å². The van der Waals surface area contributed by atoms with E-state index >= 15 is 0 Å². The predicted molar refractivity (Wildman–Crippen MR) is 86.1 cm³/mol. The lowest BCUT2D eigenvalue weighted by molar-refractivity contribution is 0.224. The molecule has 112 valence electrons. The van der Waals surface area contributed by atoms with Gasteiger partial charge in [-0.1, -0.05) is 26.0 Å². The Labute approximate surface area is 131 Å². The third-order valence-corrected chi connectivity index (χ3v) is 4.23.